The van der Waals surface area contributed by atoms with Gasteiger partial charge in [-0.05, 0) is 48.9 Å². The molecule has 78 valence electrons. The molecule has 2 nitrogen and oxygen atoms in total. The Morgan fingerprint density at radius 3 is 2.75 bits per heavy atom. The van der Waals surface area contributed by atoms with Gasteiger partial charge in [-0.15, -0.1) is 0 Å². The third kappa shape index (κ3) is 1.37. The third-order valence-corrected chi connectivity index (χ3v) is 3.30. The van der Waals surface area contributed by atoms with Gasteiger partial charge in [-0.1, -0.05) is 12.1 Å². The lowest BCUT2D eigenvalue weighted by molar-refractivity contribution is 0.689. The number of fused-ring (bicyclic) bond motifs is 3. The molecule has 1 aliphatic rings. The van der Waals surface area contributed by atoms with Crippen LogP contribution in [-0.4, -0.2) is 4.98 Å². The highest BCUT2D eigenvalue weighted by atomic mass is 14.7. The fourth-order valence-corrected chi connectivity index (χ4v) is 2.48. The van der Waals surface area contributed by atoms with Gasteiger partial charge in [0.25, 0.3) is 0 Å². The van der Waals surface area contributed by atoms with Gasteiger partial charge in [-0.2, -0.15) is 5.26 Å². The third-order valence-electron chi connectivity index (χ3n) is 3.30. The molecule has 0 amide bonds. The summed E-state index contributed by atoms with van der Waals surface area (Å²) in [6, 6.07) is 10.2. The number of aryl methyl sites for hydroxylation is 2. The van der Waals surface area contributed by atoms with Gasteiger partial charge in [-0.3, -0.25) is 0 Å². The van der Waals surface area contributed by atoms with E-state index in [1.54, 1.807) is 6.07 Å². The minimum atomic E-state index is 0.520. The van der Waals surface area contributed by atoms with Crippen molar-refractivity contribution < 1.29 is 0 Å². The number of aromatic nitrogens is 1. The zero-order valence-corrected chi connectivity index (χ0v) is 9.03. The van der Waals surface area contributed by atoms with E-state index in [0.29, 0.717) is 5.69 Å². The van der Waals surface area contributed by atoms with Crippen molar-refractivity contribution in [2.24, 2.45) is 0 Å². The van der Waals surface area contributed by atoms with Crippen molar-refractivity contribution in [3.8, 4) is 6.07 Å². The second-order valence-electron chi connectivity index (χ2n) is 4.29. The standard InChI is InChI=1S/C14H12N2/c15-9-12-8-7-11-6-5-10-3-1-2-4-13(10)14(11)16-12/h5-8H,1-4H2. The number of benzene rings is 1. The van der Waals surface area contributed by atoms with Crippen LogP contribution in [0.1, 0.15) is 29.7 Å². The first-order valence-corrected chi connectivity index (χ1v) is 5.70. The second kappa shape index (κ2) is 3.61. The molecule has 0 aliphatic heterocycles. The van der Waals surface area contributed by atoms with Crippen LogP contribution in [0.2, 0.25) is 0 Å². The number of hydrogen-bond donors (Lipinski definition) is 0. The fraction of sp³-hybridized carbons (Fsp3) is 0.286. The first-order chi connectivity index (χ1) is 7.88. The van der Waals surface area contributed by atoms with E-state index >= 15 is 0 Å². The van der Waals surface area contributed by atoms with Crippen molar-refractivity contribution in [1.82, 2.24) is 4.98 Å². The summed E-state index contributed by atoms with van der Waals surface area (Å²) >= 11 is 0. The summed E-state index contributed by atoms with van der Waals surface area (Å²) in [6.07, 6.45) is 4.78. The summed E-state index contributed by atoms with van der Waals surface area (Å²) in [6.45, 7) is 0. The molecule has 2 heteroatoms. The topological polar surface area (TPSA) is 36.7 Å². The maximum absolute atomic E-state index is 8.89. The summed E-state index contributed by atoms with van der Waals surface area (Å²) in [5.74, 6) is 0. The van der Waals surface area contributed by atoms with E-state index in [0.717, 1.165) is 23.7 Å². The van der Waals surface area contributed by atoms with E-state index in [4.69, 9.17) is 5.26 Å². The molecule has 2 aromatic rings. The molecule has 0 N–H and O–H groups in total. The Labute approximate surface area is 94.5 Å². The molecule has 0 bridgehead atoms. The van der Waals surface area contributed by atoms with Gasteiger partial charge in [0, 0.05) is 5.39 Å². The largest absolute Gasteiger partial charge is 0.237 e. The maximum atomic E-state index is 8.89. The molecule has 1 aromatic heterocycles. The first kappa shape index (κ1) is 9.35. The molecular formula is C14H12N2. The Morgan fingerprint density at radius 2 is 1.88 bits per heavy atom. The number of hydrogen-bond acceptors (Lipinski definition) is 2. The number of pyridine rings is 1. The van der Waals surface area contributed by atoms with Gasteiger partial charge in [0.15, 0.2) is 0 Å². The molecular weight excluding hydrogens is 196 g/mol. The summed E-state index contributed by atoms with van der Waals surface area (Å²) in [5, 5.41) is 10.0. The van der Waals surface area contributed by atoms with Crippen molar-refractivity contribution in [2.75, 3.05) is 0 Å². The molecule has 16 heavy (non-hydrogen) atoms. The van der Waals surface area contributed by atoms with Crippen LogP contribution in [0, 0.1) is 11.3 Å². The van der Waals surface area contributed by atoms with Gasteiger partial charge < -0.3 is 0 Å². The molecule has 1 aromatic carbocycles. The summed E-state index contributed by atoms with van der Waals surface area (Å²) in [4.78, 5) is 4.45. The number of nitrogens with zero attached hydrogens (tertiary/aromatic N) is 2. The molecule has 0 radical (unpaired) electrons. The van der Waals surface area contributed by atoms with E-state index < -0.39 is 0 Å². The van der Waals surface area contributed by atoms with Crippen molar-refractivity contribution >= 4 is 10.9 Å². The molecule has 0 saturated heterocycles. The van der Waals surface area contributed by atoms with Crippen LogP contribution in [0.3, 0.4) is 0 Å². The monoisotopic (exact) mass is 208 g/mol. The molecule has 3 rings (SSSR count). The van der Waals surface area contributed by atoms with Gasteiger partial charge >= 0.3 is 0 Å². The molecule has 1 aliphatic carbocycles. The van der Waals surface area contributed by atoms with E-state index in [9.17, 15) is 0 Å². The molecule has 1 heterocycles. The van der Waals surface area contributed by atoms with E-state index in [-0.39, 0.29) is 0 Å². The smallest absolute Gasteiger partial charge is 0.141 e. The minimum Gasteiger partial charge on any atom is -0.237 e. The summed E-state index contributed by atoms with van der Waals surface area (Å²) in [5.41, 5.74) is 4.34. The van der Waals surface area contributed by atoms with Crippen molar-refractivity contribution in [2.45, 2.75) is 25.7 Å². The predicted octanol–water partition coefficient (Wildman–Crippen LogP) is 2.99. The minimum absolute atomic E-state index is 0.520. The normalized spacial score (nSPS) is 14.4. The van der Waals surface area contributed by atoms with Crippen molar-refractivity contribution in [3.63, 3.8) is 0 Å². The van der Waals surface area contributed by atoms with Crippen LogP contribution in [-0.2, 0) is 12.8 Å². The highest BCUT2D eigenvalue weighted by Gasteiger charge is 2.13. The lowest BCUT2D eigenvalue weighted by atomic mass is 9.90. The second-order valence-corrected chi connectivity index (χ2v) is 4.29. The summed E-state index contributed by atoms with van der Waals surface area (Å²) < 4.78 is 0. The van der Waals surface area contributed by atoms with Crippen molar-refractivity contribution in [3.05, 3.63) is 41.1 Å². The van der Waals surface area contributed by atoms with Gasteiger partial charge in [0.05, 0.1) is 5.52 Å². The zero-order valence-electron chi connectivity index (χ0n) is 9.03. The summed E-state index contributed by atoms with van der Waals surface area (Å²) in [7, 11) is 0. The van der Waals surface area contributed by atoms with E-state index in [1.807, 2.05) is 6.07 Å². The Bertz CT molecular complexity index is 593. The van der Waals surface area contributed by atoms with E-state index in [1.165, 1.54) is 24.0 Å². The highest BCUT2D eigenvalue weighted by Crippen LogP contribution is 2.27. The Morgan fingerprint density at radius 1 is 1.06 bits per heavy atom. The average Bonchev–Trinajstić information content (AvgIpc) is 2.38. The van der Waals surface area contributed by atoms with Crippen molar-refractivity contribution in [1.29, 1.82) is 5.26 Å². The maximum Gasteiger partial charge on any atom is 0.141 e. The highest BCUT2D eigenvalue weighted by molar-refractivity contribution is 5.83. The number of nitriles is 1. The van der Waals surface area contributed by atoms with Crippen LogP contribution in [0.4, 0.5) is 0 Å². The molecule has 0 fully saturated rings. The SMILES string of the molecule is N#Cc1ccc2ccc3c(c2n1)CCCC3. The lowest BCUT2D eigenvalue weighted by Crippen LogP contribution is -2.04. The quantitative estimate of drug-likeness (QED) is 0.667. The van der Waals surface area contributed by atoms with Gasteiger partial charge in [0.1, 0.15) is 11.8 Å². The van der Waals surface area contributed by atoms with Gasteiger partial charge in [0.2, 0.25) is 0 Å². The average molecular weight is 208 g/mol. The predicted molar refractivity (Wildman–Crippen MR) is 63.1 cm³/mol. The first-order valence-electron chi connectivity index (χ1n) is 5.70. The Balaban J connectivity index is 2.32. The molecule has 0 atom stereocenters. The Kier molecular flexibility index (Phi) is 2.11. The molecule has 0 spiro atoms. The molecule has 0 unspecified atom stereocenters. The van der Waals surface area contributed by atoms with Crippen LogP contribution in [0.5, 0.6) is 0 Å². The van der Waals surface area contributed by atoms with Gasteiger partial charge in [-0.25, -0.2) is 4.98 Å². The number of rotatable bonds is 0. The van der Waals surface area contributed by atoms with Crippen LogP contribution < -0.4 is 0 Å². The van der Waals surface area contributed by atoms with Crippen LogP contribution >= 0.6 is 0 Å². The van der Waals surface area contributed by atoms with Crippen LogP contribution in [0.15, 0.2) is 24.3 Å². The fourth-order valence-electron chi connectivity index (χ4n) is 2.48. The van der Waals surface area contributed by atoms with Crippen LogP contribution in [0.25, 0.3) is 10.9 Å². The lowest BCUT2D eigenvalue weighted by Gasteiger charge is -2.17. The van der Waals surface area contributed by atoms with E-state index in [2.05, 4.69) is 23.2 Å². The Hall–Kier alpha value is -1.88. The molecule has 0 saturated carbocycles. The zero-order chi connectivity index (χ0) is 11.0.